The molecule has 1 aromatic heterocycles. The summed E-state index contributed by atoms with van der Waals surface area (Å²) in [7, 11) is 4.13. The monoisotopic (exact) mass is 336 g/mol. The lowest BCUT2D eigenvalue weighted by molar-refractivity contribution is -0.127. The van der Waals surface area contributed by atoms with Crippen LogP contribution in [0.15, 0.2) is 10.6 Å². The summed E-state index contributed by atoms with van der Waals surface area (Å²) < 4.78 is 5.27. The molecule has 0 aliphatic carbocycles. The van der Waals surface area contributed by atoms with E-state index in [1.54, 1.807) is 0 Å². The highest BCUT2D eigenvalue weighted by atomic mass is 16.5. The number of amides is 1. The van der Waals surface area contributed by atoms with E-state index in [4.69, 9.17) is 4.52 Å². The van der Waals surface area contributed by atoms with Gasteiger partial charge in [-0.15, -0.1) is 0 Å². The normalized spacial score (nSPS) is 17.4. The van der Waals surface area contributed by atoms with Gasteiger partial charge in [0.1, 0.15) is 0 Å². The van der Waals surface area contributed by atoms with E-state index >= 15 is 0 Å². The molecule has 6 nitrogen and oxygen atoms in total. The van der Waals surface area contributed by atoms with Gasteiger partial charge in [-0.2, -0.15) is 0 Å². The molecule has 0 unspecified atom stereocenters. The molecular formula is C18H32N4O2. The van der Waals surface area contributed by atoms with Gasteiger partial charge in [0.05, 0.1) is 12.2 Å². The summed E-state index contributed by atoms with van der Waals surface area (Å²) in [6.07, 6.45) is 1.82. The van der Waals surface area contributed by atoms with Gasteiger partial charge in [-0.05, 0) is 52.4 Å². The predicted molar refractivity (Wildman–Crippen MR) is 94.6 cm³/mol. The van der Waals surface area contributed by atoms with Gasteiger partial charge in [0, 0.05) is 25.1 Å². The molecule has 0 radical (unpaired) electrons. The highest BCUT2D eigenvalue weighted by Gasteiger charge is 2.27. The Labute approximate surface area is 145 Å². The Bertz CT molecular complexity index is 531. The van der Waals surface area contributed by atoms with Crippen LogP contribution in [0.5, 0.6) is 0 Å². The van der Waals surface area contributed by atoms with Crippen molar-refractivity contribution in [1.82, 2.24) is 20.3 Å². The molecule has 1 saturated heterocycles. The maximum atomic E-state index is 12.4. The molecule has 24 heavy (non-hydrogen) atoms. The number of aromatic nitrogens is 1. The summed E-state index contributed by atoms with van der Waals surface area (Å²) in [6, 6.07) is 1.98. The summed E-state index contributed by atoms with van der Waals surface area (Å²) in [5, 5.41) is 7.08. The number of nitrogens with zero attached hydrogens (tertiary/aromatic N) is 3. The highest BCUT2D eigenvalue weighted by Crippen LogP contribution is 2.20. The smallest absolute Gasteiger partial charge is 0.223 e. The van der Waals surface area contributed by atoms with Gasteiger partial charge in [0.25, 0.3) is 0 Å². The van der Waals surface area contributed by atoms with Gasteiger partial charge in [0.15, 0.2) is 5.76 Å². The molecule has 0 atom stereocenters. The van der Waals surface area contributed by atoms with E-state index in [0.717, 1.165) is 57.0 Å². The van der Waals surface area contributed by atoms with Crippen LogP contribution in [0, 0.1) is 18.3 Å². The Morgan fingerprint density at radius 1 is 1.42 bits per heavy atom. The molecule has 0 aromatic carbocycles. The maximum absolute atomic E-state index is 12.4. The molecule has 0 saturated carbocycles. The molecular weight excluding hydrogens is 304 g/mol. The third-order valence-electron chi connectivity index (χ3n) is 4.50. The van der Waals surface area contributed by atoms with Crippen LogP contribution in [0.25, 0.3) is 0 Å². The summed E-state index contributed by atoms with van der Waals surface area (Å²) in [5.41, 5.74) is 1.00. The molecule has 0 spiro atoms. The number of nitrogens with one attached hydrogen (secondary N) is 1. The standard InChI is InChI=1S/C18H32N4O2/c1-14-10-16(24-20-14)11-22-8-6-15(7-9-22)17(23)19-12-18(2,3)13-21(4)5/h10,15H,6-9,11-13H2,1-5H3,(H,19,23). The minimum absolute atomic E-state index is 0.0873. The second kappa shape index (κ2) is 8.12. The van der Waals surface area contributed by atoms with Gasteiger partial charge < -0.3 is 14.7 Å². The molecule has 2 heterocycles. The van der Waals surface area contributed by atoms with Crippen LogP contribution in [0.3, 0.4) is 0 Å². The first-order valence-electron chi connectivity index (χ1n) is 8.82. The zero-order chi connectivity index (χ0) is 17.7. The molecule has 6 heteroatoms. The van der Waals surface area contributed by atoms with Crippen LogP contribution in [0.2, 0.25) is 0 Å². The average Bonchev–Trinajstić information content (AvgIpc) is 2.89. The minimum atomic E-state index is 0.0873. The van der Waals surface area contributed by atoms with Crippen molar-refractivity contribution in [2.45, 2.75) is 40.2 Å². The topological polar surface area (TPSA) is 61.6 Å². The molecule has 0 bridgehead atoms. The molecule has 1 N–H and O–H groups in total. The molecule has 1 amide bonds. The lowest BCUT2D eigenvalue weighted by Gasteiger charge is -2.32. The number of carbonyl (C=O) groups excluding carboxylic acids is 1. The average molecular weight is 336 g/mol. The molecule has 1 fully saturated rings. The second-order valence-electron chi connectivity index (χ2n) is 8.10. The van der Waals surface area contributed by atoms with E-state index in [9.17, 15) is 4.79 Å². The fourth-order valence-corrected chi connectivity index (χ4v) is 3.45. The summed E-state index contributed by atoms with van der Waals surface area (Å²) in [6.45, 7) is 10.6. The fraction of sp³-hybridized carbons (Fsp3) is 0.778. The van der Waals surface area contributed by atoms with Gasteiger partial charge in [-0.25, -0.2) is 0 Å². The predicted octanol–water partition coefficient (Wildman–Crippen LogP) is 1.90. The quantitative estimate of drug-likeness (QED) is 0.824. The van der Waals surface area contributed by atoms with Gasteiger partial charge >= 0.3 is 0 Å². The van der Waals surface area contributed by atoms with E-state index in [0.29, 0.717) is 0 Å². The SMILES string of the molecule is Cc1cc(CN2CCC(C(=O)NCC(C)(C)CN(C)C)CC2)on1. The third-order valence-corrected chi connectivity index (χ3v) is 4.50. The number of aryl methyl sites for hydroxylation is 1. The van der Waals surface area contributed by atoms with Crippen molar-refractivity contribution in [3.05, 3.63) is 17.5 Å². The van der Waals surface area contributed by atoms with Crippen LogP contribution in [0.4, 0.5) is 0 Å². The van der Waals surface area contributed by atoms with Gasteiger partial charge in [0.2, 0.25) is 5.91 Å². The van der Waals surface area contributed by atoms with Crippen molar-refractivity contribution in [3.63, 3.8) is 0 Å². The van der Waals surface area contributed by atoms with Crippen LogP contribution >= 0.6 is 0 Å². The first-order valence-corrected chi connectivity index (χ1v) is 8.82. The van der Waals surface area contributed by atoms with E-state index in [1.165, 1.54) is 0 Å². The van der Waals surface area contributed by atoms with Crippen LogP contribution in [-0.2, 0) is 11.3 Å². The third kappa shape index (κ3) is 5.91. The van der Waals surface area contributed by atoms with E-state index in [2.05, 4.69) is 48.2 Å². The van der Waals surface area contributed by atoms with Crippen molar-refractivity contribution >= 4 is 5.91 Å². The molecule has 2 rings (SSSR count). The zero-order valence-corrected chi connectivity index (χ0v) is 15.8. The number of hydrogen-bond donors (Lipinski definition) is 1. The lowest BCUT2D eigenvalue weighted by Crippen LogP contribution is -2.44. The van der Waals surface area contributed by atoms with Gasteiger partial charge in [-0.1, -0.05) is 19.0 Å². The number of hydrogen-bond acceptors (Lipinski definition) is 5. The Morgan fingerprint density at radius 2 is 2.08 bits per heavy atom. The van der Waals surface area contributed by atoms with E-state index in [1.807, 2.05) is 13.0 Å². The van der Waals surface area contributed by atoms with Crippen molar-refractivity contribution in [2.75, 3.05) is 40.3 Å². The van der Waals surface area contributed by atoms with Crippen molar-refractivity contribution < 1.29 is 9.32 Å². The fourth-order valence-electron chi connectivity index (χ4n) is 3.45. The van der Waals surface area contributed by atoms with Crippen molar-refractivity contribution in [1.29, 1.82) is 0 Å². The minimum Gasteiger partial charge on any atom is -0.360 e. The highest BCUT2D eigenvalue weighted by molar-refractivity contribution is 5.78. The van der Waals surface area contributed by atoms with Crippen LogP contribution < -0.4 is 5.32 Å². The molecule has 136 valence electrons. The Hall–Kier alpha value is -1.40. The van der Waals surface area contributed by atoms with Crippen LogP contribution in [0.1, 0.15) is 38.1 Å². The summed E-state index contributed by atoms with van der Waals surface area (Å²) in [4.78, 5) is 16.9. The number of piperidine rings is 1. The molecule has 1 aliphatic heterocycles. The van der Waals surface area contributed by atoms with Crippen LogP contribution in [-0.4, -0.2) is 61.1 Å². The van der Waals surface area contributed by atoms with E-state index < -0.39 is 0 Å². The van der Waals surface area contributed by atoms with Gasteiger partial charge in [-0.3, -0.25) is 9.69 Å². The Morgan fingerprint density at radius 3 is 2.62 bits per heavy atom. The number of likely N-dealkylation sites (tertiary alicyclic amines) is 1. The number of rotatable bonds is 7. The first kappa shape index (κ1) is 18.9. The van der Waals surface area contributed by atoms with Crippen molar-refractivity contribution in [2.24, 2.45) is 11.3 Å². The first-order chi connectivity index (χ1) is 11.2. The maximum Gasteiger partial charge on any atom is 0.223 e. The Kier molecular flexibility index (Phi) is 6.40. The number of carbonyl (C=O) groups is 1. The zero-order valence-electron chi connectivity index (χ0n) is 15.8. The lowest BCUT2D eigenvalue weighted by atomic mass is 9.91. The Balaban J connectivity index is 1.72. The van der Waals surface area contributed by atoms with Crippen molar-refractivity contribution in [3.8, 4) is 0 Å². The molecule has 1 aliphatic rings. The largest absolute Gasteiger partial charge is 0.360 e. The molecule has 1 aromatic rings. The summed E-state index contributed by atoms with van der Waals surface area (Å²) in [5.74, 6) is 1.24. The second-order valence-corrected chi connectivity index (χ2v) is 8.10. The van der Waals surface area contributed by atoms with E-state index in [-0.39, 0.29) is 17.2 Å². The summed E-state index contributed by atoms with van der Waals surface area (Å²) >= 11 is 0.